The number of benzene rings is 1. The summed E-state index contributed by atoms with van der Waals surface area (Å²) in [5.41, 5.74) is 0.718. The van der Waals surface area contributed by atoms with E-state index in [1.165, 1.54) is 16.1 Å². The van der Waals surface area contributed by atoms with E-state index < -0.39 is 16.0 Å². The molecule has 0 fully saturated rings. The SMILES string of the molecule is O=C(O)c1cc(S(=O)(=O)Nc2ccc(Cl)cc2-n2cccn2)cs1. The average molecular weight is 384 g/mol. The lowest BCUT2D eigenvalue weighted by Crippen LogP contribution is -2.14. The highest BCUT2D eigenvalue weighted by atomic mass is 35.5. The fourth-order valence-corrected chi connectivity index (χ4v) is 4.32. The van der Waals surface area contributed by atoms with Gasteiger partial charge in [0, 0.05) is 22.8 Å². The summed E-state index contributed by atoms with van der Waals surface area (Å²) in [6.45, 7) is 0. The third-order valence-electron chi connectivity index (χ3n) is 3.05. The van der Waals surface area contributed by atoms with Crippen molar-refractivity contribution in [1.29, 1.82) is 0 Å². The van der Waals surface area contributed by atoms with Gasteiger partial charge in [-0.2, -0.15) is 5.10 Å². The number of nitrogens with zero attached hydrogens (tertiary/aromatic N) is 2. The lowest BCUT2D eigenvalue weighted by Gasteiger charge is -2.12. The molecular weight excluding hydrogens is 374 g/mol. The molecule has 0 aliphatic carbocycles. The minimum absolute atomic E-state index is 0.0567. The van der Waals surface area contributed by atoms with Crippen LogP contribution in [0.4, 0.5) is 5.69 Å². The number of nitrogens with one attached hydrogen (secondary N) is 1. The second-order valence-corrected chi connectivity index (χ2v) is 7.70. The topological polar surface area (TPSA) is 101 Å². The monoisotopic (exact) mass is 383 g/mol. The van der Waals surface area contributed by atoms with Crippen LogP contribution < -0.4 is 4.72 Å². The summed E-state index contributed by atoms with van der Waals surface area (Å²) in [6.07, 6.45) is 3.20. The van der Waals surface area contributed by atoms with Gasteiger partial charge in [-0.25, -0.2) is 17.9 Å². The summed E-state index contributed by atoms with van der Waals surface area (Å²) < 4.78 is 28.9. The molecule has 0 spiro atoms. The van der Waals surface area contributed by atoms with Gasteiger partial charge in [0.2, 0.25) is 0 Å². The van der Waals surface area contributed by atoms with Crippen molar-refractivity contribution < 1.29 is 18.3 Å². The number of hydrogen-bond donors (Lipinski definition) is 2. The first kappa shape index (κ1) is 16.5. The highest BCUT2D eigenvalue weighted by Crippen LogP contribution is 2.27. The molecule has 3 aromatic rings. The smallest absolute Gasteiger partial charge is 0.345 e. The van der Waals surface area contributed by atoms with Crippen LogP contribution in [-0.2, 0) is 10.0 Å². The molecule has 7 nitrogen and oxygen atoms in total. The second-order valence-electron chi connectivity index (χ2n) is 4.67. The predicted molar refractivity (Wildman–Crippen MR) is 90.7 cm³/mol. The van der Waals surface area contributed by atoms with Gasteiger partial charge in [-0.1, -0.05) is 11.6 Å². The summed E-state index contributed by atoms with van der Waals surface area (Å²) in [5.74, 6) is -1.18. The van der Waals surface area contributed by atoms with Crippen LogP contribution in [0.3, 0.4) is 0 Å². The molecule has 0 saturated heterocycles. The van der Waals surface area contributed by atoms with E-state index in [0.29, 0.717) is 10.7 Å². The van der Waals surface area contributed by atoms with Crippen molar-refractivity contribution in [2.24, 2.45) is 0 Å². The van der Waals surface area contributed by atoms with E-state index in [-0.39, 0.29) is 15.5 Å². The standard InChI is InChI=1S/C14H10ClN3O4S2/c15-9-2-3-11(12(6-9)18-5-1-4-16-18)17-24(21,22)10-7-13(14(19)20)23-8-10/h1-8,17H,(H,19,20). The van der Waals surface area contributed by atoms with Gasteiger partial charge < -0.3 is 5.11 Å². The van der Waals surface area contributed by atoms with Crippen LogP contribution in [0.5, 0.6) is 0 Å². The second kappa shape index (κ2) is 6.27. The fourth-order valence-electron chi connectivity index (χ4n) is 1.97. The van der Waals surface area contributed by atoms with E-state index in [9.17, 15) is 13.2 Å². The Balaban J connectivity index is 2.00. The Morgan fingerprint density at radius 3 is 2.75 bits per heavy atom. The summed E-state index contributed by atoms with van der Waals surface area (Å²) in [7, 11) is -3.94. The zero-order chi connectivity index (χ0) is 17.3. The Morgan fingerprint density at radius 1 is 1.33 bits per heavy atom. The minimum atomic E-state index is -3.94. The van der Waals surface area contributed by atoms with Crippen LogP contribution in [0.25, 0.3) is 5.69 Å². The summed E-state index contributed by atoms with van der Waals surface area (Å²) >= 11 is 6.82. The van der Waals surface area contributed by atoms with Crippen LogP contribution in [0.2, 0.25) is 5.02 Å². The number of rotatable bonds is 5. The van der Waals surface area contributed by atoms with Gasteiger partial charge in [-0.15, -0.1) is 11.3 Å². The highest BCUT2D eigenvalue weighted by molar-refractivity contribution is 7.92. The van der Waals surface area contributed by atoms with Crippen LogP contribution in [-0.4, -0.2) is 29.3 Å². The van der Waals surface area contributed by atoms with Gasteiger partial charge >= 0.3 is 5.97 Å². The highest BCUT2D eigenvalue weighted by Gasteiger charge is 2.20. The molecule has 10 heteroatoms. The Labute approximate surface area is 146 Å². The van der Waals surface area contributed by atoms with E-state index in [4.69, 9.17) is 16.7 Å². The molecule has 2 heterocycles. The van der Waals surface area contributed by atoms with E-state index in [0.717, 1.165) is 17.4 Å². The molecule has 3 rings (SSSR count). The number of aromatic nitrogens is 2. The van der Waals surface area contributed by atoms with Crippen molar-refractivity contribution in [3.8, 4) is 5.69 Å². The Morgan fingerprint density at radius 2 is 2.12 bits per heavy atom. The van der Waals surface area contributed by atoms with Crippen molar-refractivity contribution in [3.63, 3.8) is 0 Å². The van der Waals surface area contributed by atoms with Gasteiger partial charge in [0.15, 0.2) is 0 Å². The van der Waals surface area contributed by atoms with Crippen molar-refractivity contribution in [3.05, 3.63) is 58.0 Å². The lowest BCUT2D eigenvalue weighted by molar-refractivity contribution is 0.0702. The molecule has 0 unspecified atom stereocenters. The molecule has 0 radical (unpaired) electrons. The van der Waals surface area contributed by atoms with Gasteiger partial charge in [-0.3, -0.25) is 4.72 Å². The molecule has 24 heavy (non-hydrogen) atoms. The van der Waals surface area contributed by atoms with Gasteiger partial charge in [0.05, 0.1) is 16.3 Å². The molecule has 0 amide bonds. The molecule has 0 bridgehead atoms. The molecule has 2 N–H and O–H groups in total. The minimum Gasteiger partial charge on any atom is -0.477 e. The Hall–Kier alpha value is -2.36. The van der Waals surface area contributed by atoms with Gasteiger partial charge in [0.1, 0.15) is 4.88 Å². The number of sulfonamides is 1. The predicted octanol–water partition coefficient (Wildman–Crippen LogP) is 3.09. The zero-order valence-electron chi connectivity index (χ0n) is 11.9. The largest absolute Gasteiger partial charge is 0.477 e. The van der Waals surface area contributed by atoms with Crippen molar-refractivity contribution in [2.75, 3.05) is 4.72 Å². The van der Waals surface area contributed by atoms with Crippen molar-refractivity contribution in [1.82, 2.24) is 9.78 Å². The van der Waals surface area contributed by atoms with E-state index in [1.54, 1.807) is 30.6 Å². The lowest BCUT2D eigenvalue weighted by atomic mass is 10.3. The number of aromatic carboxylic acids is 1. The van der Waals surface area contributed by atoms with Gasteiger partial charge in [0.25, 0.3) is 10.0 Å². The fraction of sp³-hybridized carbons (Fsp3) is 0. The summed E-state index contributed by atoms with van der Waals surface area (Å²) in [6, 6.07) is 7.43. The molecular formula is C14H10ClN3O4S2. The van der Waals surface area contributed by atoms with Crippen molar-refractivity contribution in [2.45, 2.75) is 4.90 Å². The van der Waals surface area contributed by atoms with Crippen LogP contribution in [0.1, 0.15) is 9.67 Å². The first-order valence-corrected chi connectivity index (χ1v) is 9.25. The summed E-state index contributed by atoms with van der Waals surface area (Å²) in [4.78, 5) is 10.7. The number of hydrogen-bond acceptors (Lipinski definition) is 5. The number of carboxylic acids is 1. The van der Waals surface area contributed by atoms with E-state index in [2.05, 4.69) is 9.82 Å². The molecule has 124 valence electrons. The maximum Gasteiger partial charge on any atom is 0.345 e. The normalized spacial score (nSPS) is 11.4. The van der Waals surface area contributed by atoms with Crippen LogP contribution in [0.15, 0.2) is 53.0 Å². The van der Waals surface area contributed by atoms with E-state index in [1.807, 2.05) is 0 Å². The Kier molecular flexibility index (Phi) is 4.31. The average Bonchev–Trinajstić information content (AvgIpc) is 3.20. The number of anilines is 1. The number of halogens is 1. The first-order valence-electron chi connectivity index (χ1n) is 6.51. The molecule has 1 aromatic carbocycles. The zero-order valence-corrected chi connectivity index (χ0v) is 14.3. The van der Waals surface area contributed by atoms with Crippen LogP contribution >= 0.6 is 22.9 Å². The molecule has 0 atom stereocenters. The maximum absolute atomic E-state index is 12.5. The van der Waals surface area contributed by atoms with Crippen LogP contribution in [0, 0.1) is 0 Å². The number of thiophene rings is 1. The van der Waals surface area contributed by atoms with E-state index >= 15 is 0 Å². The quantitative estimate of drug-likeness (QED) is 0.705. The molecule has 0 aliphatic heterocycles. The number of carboxylic acid groups (broad SMARTS) is 1. The molecule has 0 saturated carbocycles. The third kappa shape index (κ3) is 3.28. The number of carbonyl (C=O) groups is 1. The molecule has 2 aromatic heterocycles. The van der Waals surface area contributed by atoms with Crippen molar-refractivity contribution >= 4 is 44.6 Å². The Bertz CT molecular complexity index is 997. The maximum atomic E-state index is 12.5. The third-order valence-corrected chi connectivity index (χ3v) is 5.70. The first-order chi connectivity index (χ1) is 11.4. The summed E-state index contributed by atoms with van der Waals surface area (Å²) in [5, 5.41) is 14.7. The molecule has 0 aliphatic rings. The van der Waals surface area contributed by atoms with Gasteiger partial charge in [-0.05, 0) is 30.3 Å².